The standard InChI is InChI=1S/C15H14N2O4S.C2H6/c1-9-11(5-13(22-9)15(18)20-3)14-12(21-8-19-2)4-10(6-16)7-17-14;1-2/h4-5,7H,8H2,1-3H3;1-2H3. The Balaban J connectivity index is 0.00000139. The van der Waals surface area contributed by atoms with Gasteiger partial charge in [-0.15, -0.1) is 11.3 Å². The van der Waals surface area contributed by atoms with E-state index in [0.29, 0.717) is 21.9 Å². The van der Waals surface area contributed by atoms with Crippen LogP contribution in [0, 0.1) is 18.3 Å². The number of pyridine rings is 1. The first-order valence-electron chi connectivity index (χ1n) is 7.31. The average molecular weight is 348 g/mol. The lowest BCUT2D eigenvalue weighted by Crippen LogP contribution is -2.02. The van der Waals surface area contributed by atoms with Gasteiger partial charge in [-0.05, 0) is 13.0 Å². The summed E-state index contributed by atoms with van der Waals surface area (Å²) in [5.74, 6) is 0.0329. The van der Waals surface area contributed by atoms with E-state index in [1.807, 2.05) is 26.8 Å². The van der Waals surface area contributed by atoms with E-state index in [1.54, 1.807) is 12.1 Å². The molecule has 2 heterocycles. The molecule has 24 heavy (non-hydrogen) atoms. The quantitative estimate of drug-likeness (QED) is 0.604. The second-order valence-corrected chi connectivity index (χ2v) is 5.56. The fraction of sp³-hybridized carbons (Fsp3) is 0.353. The summed E-state index contributed by atoms with van der Waals surface area (Å²) in [4.78, 5) is 17.3. The normalized spacial score (nSPS) is 9.50. The van der Waals surface area contributed by atoms with Crippen molar-refractivity contribution in [2.45, 2.75) is 20.8 Å². The number of ether oxygens (including phenoxy) is 3. The molecule has 0 bridgehead atoms. The molecule has 0 N–H and O–H groups in total. The van der Waals surface area contributed by atoms with Crippen molar-refractivity contribution >= 4 is 17.3 Å². The molecule has 0 aliphatic heterocycles. The third kappa shape index (κ3) is 4.54. The molecular formula is C17H20N2O4S. The van der Waals surface area contributed by atoms with Gasteiger partial charge in [0.05, 0.1) is 12.7 Å². The number of hydrogen-bond acceptors (Lipinski definition) is 7. The first-order chi connectivity index (χ1) is 11.6. The molecule has 0 atom stereocenters. The van der Waals surface area contributed by atoms with Crippen LogP contribution in [0.5, 0.6) is 5.75 Å². The fourth-order valence-electron chi connectivity index (χ4n) is 1.86. The molecule has 6 nitrogen and oxygen atoms in total. The number of aromatic nitrogens is 1. The molecule has 2 aromatic rings. The van der Waals surface area contributed by atoms with E-state index in [4.69, 9.17) is 19.5 Å². The lowest BCUT2D eigenvalue weighted by Gasteiger charge is -2.10. The van der Waals surface area contributed by atoms with Crippen molar-refractivity contribution in [3.05, 3.63) is 33.6 Å². The third-order valence-electron chi connectivity index (χ3n) is 2.87. The van der Waals surface area contributed by atoms with Gasteiger partial charge in [0.1, 0.15) is 22.4 Å². The number of carbonyl (C=O) groups is 1. The minimum Gasteiger partial charge on any atom is -0.465 e. The van der Waals surface area contributed by atoms with E-state index in [0.717, 1.165) is 10.4 Å². The number of methoxy groups -OCH3 is 2. The maximum absolute atomic E-state index is 11.6. The van der Waals surface area contributed by atoms with Gasteiger partial charge >= 0.3 is 5.97 Å². The number of carbonyl (C=O) groups excluding carboxylic acids is 1. The van der Waals surface area contributed by atoms with Crippen LogP contribution in [0.4, 0.5) is 0 Å². The smallest absolute Gasteiger partial charge is 0.348 e. The molecule has 0 aliphatic rings. The molecule has 2 rings (SSSR count). The van der Waals surface area contributed by atoms with E-state index in [1.165, 1.54) is 31.8 Å². The Labute approximate surface area is 145 Å². The first-order valence-corrected chi connectivity index (χ1v) is 8.13. The van der Waals surface area contributed by atoms with Crippen molar-refractivity contribution in [3.8, 4) is 23.1 Å². The fourth-order valence-corrected chi connectivity index (χ4v) is 2.80. The van der Waals surface area contributed by atoms with E-state index in [-0.39, 0.29) is 6.79 Å². The Bertz CT molecular complexity index is 735. The van der Waals surface area contributed by atoms with Gasteiger partial charge in [-0.2, -0.15) is 5.26 Å². The lowest BCUT2D eigenvalue weighted by molar-refractivity contribution is 0.0513. The molecule has 0 amide bonds. The van der Waals surface area contributed by atoms with Crippen molar-refractivity contribution in [2.75, 3.05) is 21.0 Å². The van der Waals surface area contributed by atoms with E-state index >= 15 is 0 Å². The highest BCUT2D eigenvalue weighted by Crippen LogP contribution is 2.35. The van der Waals surface area contributed by atoms with Crippen LogP contribution in [0.3, 0.4) is 0 Å². The van der Waals surface area contributed by atoms with Crippen LogP contribution in [-0.4, -0.2) is 32.0 Å². The number of esters is 1. The summed E-state index contributed by atoms with van der Waals surface area (Å²) in [7, 11) is 2.84. The number of rotatable bonds is 5. The van der Waals surface area contributed by atoms with Gasteiger partial charge in [0.2, 0.25) is 0 Å². The molecule has 0 aromatic carbocycles. The number of thiophene rings is 1. The summed E-state index contributed by atoms with van der Waals surface area (Å²) in [6.45, 7) is 5.92. The topological polar surface area (TPSA) is 81.4 Å². The van der Waals surface area contributed by atoms with Gasteiger partial charge in [-0.25, -0.2) is 4.79 Å². The van der Waals surface area contributed by atoms with Gasteiger partial charge < -0.3 is 14.2 Å². The molecule has 128 valence electrons. The Morgan fingerprint density at radius 2 is 2.04 bits per heavy atom. The Hall–Kier alpha value is -2.43. The van der Waals surface area contributed by atoms with E-state index in [2.05, 4.69) is 4.98 Å². The molecule has 0 saturated carbocycles. The van der Waals surface area contributed by atoms with Crippen LogP contribution in [0.1, 0.15) is 34.0 Å². The third-order valence-corrected chi connectivity index (χ3v) is 3.90. The molecule has 0 spiro atoms. The number of aryl methyl sites for hydroxylation is 1. The molecule has 0 aliphatic carbocycles. The predicted octanol–water partition coefficient (Wildman–Crippen LogP) is 3.79. The molecule has 0 saturated heterocycles. The highest BCUT2D eigenvalue weighted by Gasteiger charge is 2.18. The summed E-state index contributed by atoms with van der Waals surface area (Å²) < 4.78 is 15.1. The van der Waals surface area contributed by atoms with Gasteiger partial charge in [0.25, 0.3) is 0 Å². The van der Waals surface area contributed by atoms with E-state index in [9.17, 15) is 4.79 Å². The van der Waals surface area contributed by atoms with Crippen molar-refractivity contribution in [1.82, 2.24) is 4.98 Å². The van der Waals surface area contributed by atoms with Crippen molar-refractivity contribution in [1.29, 1.82) is 5.26 Å². The summed E-state index contributed by atoms with van der Waals surface area (Å²) in [6.07, 6.45) is 1.46. The van der Waals surface area contributed by atoms with Crippen LogP contribution in [-0.2, 0) is 9.47 Å². The monoisotopic (exact) mass is 348 g/mol. The second-order valence-electron chi connectivity index (χ2n) is 4.31. The second kappa shape index (κ2) is 9.65. The van der Waals surface area contributed by atoms with Crippen molar-refractivity contribution in [3.63, 3.8) is 0 Å². The summed E-state index contributed by atoms with van der Waals surface area (Å²) in [5, 5.41) is 8.98. The predicted molar refractivity (Wildman–Crippen MR) is 92.2 cm³/mol. The van der Waals surface area contributed by atoms with Gasteiger partial charge in [0, 0.05) is 29.8 Å². The minimum atomic E-state index is -0.396. The van der Waals surface area contributed by atoms with Crippen molar-refractivity contribution in [2.24, 2.45) is 0 Å². The number of nitrogens with zero attached hydrogens (tertiary/aromatic N) is 2. The van der Waals surface area contributed by atoms with Crippen LogP contribution in [0.15, 0.2) is 18.3 Å². The van der Waals surface area contributed by atoms with Crippen LogP contribution in [0.25, 0.3) is 11.3 Å². The van der Waals surface area contributed by atoms with Gasteiger partial charge in [-0.1, -0.05) is 13.8 Å². The van der Waals surface area contributed by atoms with Gasteiger partial charge in [0.15, 0.2) is 6.79 Å². The summed E-state index contributed by atoms with van der Waals surface area (Å²) in [5.41, 5.74) is 1.71. The van der Waals surface area contributed by atoms with Crippen LogP contribution in [0.2, 0.25) is 0 Å². The maximum atomic E-state index is 11.6. The van der Waals surface area contributed by atoms with Crippen LogP contribution >= 0.6 is 11.3 Å². The highest BCUT2D eigenvalue weighted by atomic mass is 32.1. The molecule has 7 heteroatoms. The largest absolute Gasteiger partial charge is 0.465 e. The maximum Gasteiger partial charge on any atom is 0.348 e. The number of nitriles is 1. The highest BCUT2D eigenvalue weighted by molar-refractivity contribution is 7.14. The Kier molecular flexibility index (Phi) is 7.89. The summed E-state index contributed by atoms with van der Waals surface area (Å²) in [6, 6.07) is 5.32. The zero-order valence-electron chi connectivity index (χ0n) is 14.4. The lowest BCUT2D eigenvalue weighted by atomic mass is 10.1. The molecule has 0 radical (unpaired) electrons. The zero-order chi connectivity index (χ0) is 18.1. The molecular weight excluding hydrogens is 328 g/mol. The average Bonchev–Trinajstić information content (AvgIpc) is 3.02. The first kappa shape index (κ1) is 19.6. The molecule has 2 aromatic heterocycles. The Morgan fingerprint density at radius 1 is 1.33 bits per heavy atom. The Morgan fingerprint density at radius 3 is 2.62 bits per heavy atom. The number of hydrogen-bond donors (Lipinski definition) is 0. The zero-order valence-corrected chi connectivity index (χ0v) is 15.2. The molecule has 0 fully saturated rings. The van der Waals surface area contributed by atoms with Gasteiger partial charge in [-0.3, -0.25) is 4.98 Å². The SMILES string of the molecule is CC.COCOc1cc(C#N)cnc1-c1cc(C(=O)OC)sc1C. The molecule has 0 unspecified atom stereocenters. The minimum absolute atomic E-state index is 0.0383. The van der Waals surface area contributed by atoms with E-state index < -0.39 is 5.97 Å². The summed E-state index contributed by atoms with van der Waals surface area (Å²) >= 11 is 1.32. The van der Waals surface area contributed by atoms with Crippen LogP contribution < -0.4 is 4.74 Å². The van der Waals surface area contributed by atoms with Crippen molar-refractivity contribution < 1.29 is 19.0 Å².